The molecular weight excluding hydrogens is 314 g/mol. The van der Waals surface area contributed by atoms with Gasteiger partial charge in [0.15, 0.2) is 0 Å². The summed E-state index contributed by atoms with van der Waals surface area (Å²) >= 11 is 5.86. The molecule has 5 nitrogen and oxygen atoms in total. The summed E-state index contributed by atoms with van der Waals surface area (Å²) in [5.41, 5.74) is 8.40. The summed E-state index contributed by atoms with van der Waals surface area (Å²) in [4.78, 5) is 28.0. The Hall–Kier alpha value is -2.66. The number of hydrogen-bond acceptors (Lipinski definition) is 3. The van der Waals surface area contributed by atoms with E-state index in [1.807, 2.05) is 0 Å². The first-order valence-corrected chi connectivity index (χ1v) is 7.39. The first-order valence-electron chi connectivity index (χ1n) is 7.01. The van der Waals surface area contributed by atoms with Gasteiger partial charge in [0.1, 0.15) is 5.92 Å². The summed E-state index contributed by atoms with van der Waals surface area (Å²) in [6.07, 6.45) is 0. The van der Waals surface area contributed by atoms with Gasteiger partial charge in [-0.05, 0) is 48.9 Å². The summed E-state index contributed by atoms with van der Waals surface area (Å²) in [5, 5.41) is 3.40. The van der Waals surface area contributed by atoms with Crippen LogP contribution in [0.15, 0.2) is 47.5 Å². The number of hydrogen-bond donors (Lipinski definition) is 2. The van der Waals surface area contributed by atoms with Gasteiger partial charge in [0, 0.05) is 22.0 Å². The third-order valence-corrected chi connectivity index (χ3v) is 3.97. The van der Waals surface area contributed by atoms with Crippen LogP contribution in [0.25, 0.3) is 0 Å². The number of aliphatic imine (C=N–C) groups is 1. The minimum Gasteiger partial charge on any atom is -0.366 e. The number of halogens is 1. The van der Waals surface area contributed by atoms with E-state index in [4.69, 9.17) is 17.3 Å². The Bertz CT molecular complexity index is 828. The maximum atomic E-state index is 12.3. The predicted octanol–water partition coefficient (Wildman–Crippen LogP) is 3.27. The van der Waals surface area contributed by atoms with Gasteiger partial charge in [-0.3, -0.25) is 14.6 Å². The molecule has 0 spiro atoms. The standard InChI is InChI=1S/C17H14ClN3O2/c1-9(20-12-5-3-11(18)4-6-12)15-13-7-2-10(16(19)22)8-14(13)21-17(15)23/h2-8,15H,1H3,(H2,19,22)(H,21,23). The van der Waals surface area contributed by atoms with Crippen LogP contribution in [0.5, 0.6) is 0 Å². The number of carbonyl (C=O) groups excluding carboxylic acids is 2. The highest BCUT2D eigenvalue weighted by Crippen LogP contribution is 2.35. The van der Waals surface area contributed by atoms with Crippen molar-refractivity contribution in [2.75, 3.05) is 5.32 Å². The maximum Gasteiger partial charge on any atom is 0.248 e. The minimum atomic E-state index is -0.531. The molecule has 1 aliphatic heterocycles. The molecule has 0 radical (unpaired) electrons. The molecule has 3 rings (SSSR count). The first-order chi connectivity index (χ1) is 11.0. The fourth-order valence-electron chi connectivity index (χ4n) is 2.61. The summed E-state index contributed by atoms with van der Waals surface area (Å²) in [6.45, 7) is 1.80. The lowest BCUT2D eigenvalue weighted by Crippen LogP contribution is -2.18. The maximum absolute atomic E-state index is 12.3. The zero-order valence-electron chi connectivity index (χ0n) is 12.3. The largest absolute Gasteiger partial charge is 0.366 e. The Balaban J connectivity index is 1.96. The van der Waals surface area contributed by atoms with Gasteiger partial charge in [-0.1, -0.05) is 17.7 Å². The van der Waals surface area contributed by atoms with Crippen LogP contribution in [0.2, 0.25) is 5.02 Å². The molecular formula is C17H14ClN3O2. The van der Waals surface area contributed by atoms with Crippen LogP contribution in [0.4, 0.5) is 11.4 Å². The molecule has 0 saturated heterocycles. The SMILES string of the molecule is CC(=Nc1ccc(Cl)cc1)C1C(=O)Nc2cc(C(N)=O)ccc21. The molecule has 0 fully saturated rings. The topological polar surface area (TPSA) is 84.6 Å². The third kappa shape index (κ3) is 2.96. The molecule has 116 valence electrons. The quantitative estimate of drug-likeness (QED) is 0.848. The highest BCUT2D eigenvalue weighted by molar-refractivity contribution is 6.30. The van der Waals surface area contributed by atoms with E-state index in [0.29, 0.717) is 22.0 Å². The molecule has 1 atom stereocenters. The van der Waals surface area contributed by atoms with Crippen molar-refractivity contribution in [2.45, 2.75) is 12.8 Å². The first kappa shape index (κ1) is 15.2. The number of rotatable bonds is 3. The van der Waals surface area contributed by atoms with E-state index >= 15 is 0 Å². The fraction of sp³-hybridized carbons (Fsp3) is 0.118. The molecule has 2 aromatic rings. The van der Waals surface area contributed by atoms with Crippen molar-refractivity contribution in [3.8, 4) is 0 Å². The van der Waals surface area contributed by atoms with Gasteiger partial charge < -0.3 is 11.1 Å². The minimum absolute atomic E-state index is 0.170. The van der Waals surface area contributed by atoms with E-state index < -0.39 is 11.8 Å². The van der Waals surface area contributed by atoms with Gasteiger partial charge >= 0.3 is 0 Å². The van der Waals surface area contributed by atoms with Gasteiger partial charge in [-0.15, -0.1) is 0 Å². The Labute approximate surface area is 138 Å². The highest BCUT2D eigenvalue weighted by Gasteiger charge is 2.33. The van der Waals surface area contributed by atoms with Gasteiger partial charge in [-0.25, -0.2) is 0 Å². The number of nitrogens with two attached hydrogens (primary N) is 1. The lowest BCUT2D eigenvalue weighted by molar-refractivity contribution is -0.115. The molecule has 0 aromatic heterocycles. The van der Waals surface area contributed by atoms with Crippen LogP contribution in [0.1, 0.15) is 28.8 Å². The van der Waals surface area contributed by atoms with Crippen molar-refractivity contribution in [3.05, 3.63) is 58.6 Å². The molecule has 23 heavy (non-hydrogen) atoms. The molecule has 1 heterocycles. The Morgan fingerprint density at radius 3 is 2.57 bits per heavy atom. The number of fused-ring (bicyclic) bond motifs is 1. The van der Waals surface area contributed by atoms with Gasteiger partial charge in [0.25, 0.3) is 0 Å². The molecule has 1 aliphatic rings. The van der Waals surface area contributed by atoms with Crippen LogP contribution in [-0.4, -0.2) is 17.5 Å². The number of anilines is 1. The van der Waals surface area contributed by atoms with E-state index in [9.17, 15) is 9.59 Å². The molecule has 3 N–H and O–H groups in total. The number of carbonyl (C=O) groups is 2. The number of amides is 2. The highest BCUT2D eigenvalue weighted by atomic mass is 35.5. The van der Waals surface area contributed by atoms with E-state index in [1.165, 1.54) is 0 Å². The monoisotopic (exact) mass is 327 g/mol. The fourth-order valence-corrected chi connectivity index (χ4v) is 2.74. The smallest absolute Gasteiger partial charge is 0.248 e. The Morgan fingerprint density at radius 1 is 1.22 bits per heavy atom. The lowest BCUT2D eigenvalue weighted by atomic mass is 9.95. The number of benzene rings is 2. The number of nitrogens with one attached hydrogen (secondary N) is 1. The van der Waals surface area contributed by atoms with Gasteiger partial charge in [0.05, 0.1) is 5.69 Å². The summed E-state index contributed by atoms with van der Waals surface area (Å²) < 4.78 is 0. The molecule has 0 aliphatic carbocycles. The van der Waals surface area contributed by atoms with E-state index in [1.54, 1.807) is 49.4 Å². The van der Waals surface area contributed by atoms with Crippen molar-refractivity contribution in [1.29, 1.82) is 0 Å². The van der Waals surface area contributed by atoms with Crippen LogP contribution in [0, 0.1) is 0 Å². The van der Waals surface area contributed by atoms with Crippen LogP contribution >= 0.6 is 11.6 Å². The predicted molar refractivity (Wildman–Crippen MR) is 90.6 cm³/mol. The Kier molecular flexibility index (Phi) is 3.88. The zero-order chi connectivity index (χ0) is 16.6. The molecule has 0 saturated carbocycles. The average Bonchev–Trinajstić information content (AvgIpc) is 2.84. The molecule has 2 aromatic carbocycles. The van der Waals surface area contributed by atoms with Crippen molar-refractivity contribution in [2.24, 2.45) is 10.7 Å². The second-order valence-corrected chi connectivity index (χ2v) is 5.75. The summed E-state index contributed by atoms with van der Waals surface area (Å²) in [5.74, 6) is -1.18. The number of primary amides is 1. The van der Waals surface area contributed by atoms with E-state index in [0.717, 1.165) is 11.3 Å². The van der Waals surface area contributed by atoms with Crippen molar-refractivity contribution in [3.63, 3.8) is 0 Å². The lowest BCUT2D eigenvalue weighted by Gasteiger charge is -2.09. The van der Waals surface area contributed by atoms with Gasteiger partial charge in [-0.2, -0.15) is 0 Å². The number of nitrogens with zero attached hydrogens (tertiary/aromatic N) is 1. The summed E-state index contributed by atoms with van der Waals surface area (Å²) in [7, 11) is 0. The van der Waals surface area contributed by atoms with Crippen molar-refractivity contribution in [1.82, 2.24) is 0 Å². The van der Waals surface area contributed by atoms with E-state index in [2.05, 4.69) is 10.3 Å². The summed E-state index contributed by atoms with van der Waals surface area (Å²) in [6, 6.07) is 12.0. The van der Waals surface area contributed by atoms with Crippen LogP contribution < -0.4 is 11.1 Å². The molecule has 6 heteroatoms. The second-order valence-electron chi connectivity index (χ2n) is 5.32. The second kappa shape index (κ2) is 5.85. The third-order valence-electron chi connectivity index (χ3n) is 3.72. The normalized spacial score (nSPS) is 16.9. The van der Waals surface area contributed by atoms with Crippen molar-refractivity contribution < 1.29 is 9.59 Å². The van der Waals surface area contributed by atoms with Crippen LogP contribution in [0.3, 0.4) is 0 Å². The Morgan fingerprint density at radius 2 is 1.91 bits per heavy atom. The average molecular weight is 328 g/mol. The zero-order valence-corrected chi connectivity index (χ0v) is 13.1. The van der Waals surface area contributed by atoms with E-state index in [-0.39, 0.29) is 5.91 Å². The van der Waals surface area contributed by atoms with Crippen LogP contribution in [-0.2, 0) is 4.79 Å². The molecule has 0 bridgehead atoms. The molecule has 2 amide bonds. The molecule has 1 unspecified atom stereocenters. The van der Waals surface area contributed by atoms with Gasteiger partial charge in [0.2, 0.25) is 11.8 Å². The van der Waals surface area contributed by atoms with Crippen molar-refractivity contribution >= 4 is 40.5 Å².